The van der Waals surface area contributed by atoms with Gasteiger partial charge in [0.2, 0.25) is 5.91 Å². The van der Waals surface area contributed by atoms with E-state index in [0.717, 1.165) is 45.8 Å². The third kappa shape index (κ3) is 3.48. The summed E-state index contributed by atoms with van der Waals surface area (Å²) in [7, 11) is 0. The molecule has 2 atom stereocenters. The number of piperazine rings is 1. The number of nitrogens with zero attached hydrogens (tertiary/aromatic N) is 3. The van der Waals surface area contributed by atoms with Crippen LogP contribution < -0.4 is 0 Å². The van der Waals surface area contributed by atoms with E-state index in [1.54, 1.807) is 6.92 Å². The van der Waals surface area contributed by atoms with Crippen LogP contribution in [0.1, 0.15) is 12.5 Å². The number of hydrogen-bond acceptors (Lipinski definition) is 4. The van der Waals surface area contributed by atoms with Crippen molar-refractivity contribution in [3.8, 4) is 0 Å². The van der Waals surface area contributed by atoms with Gasteiger partial charge in [-0.2, -0.15) is 0 Å². The van der Waals surface area contributed by atoms with Gasteiger partial charge in [-0.05, 0) is 5.56 Å². The minimum atomic E-state index is -0.299. The fourth-order valence-electron chi connectivity index (χ4n) is 3.54. The van der Waals surface area contributed by atoms with Crippen molar-refractivity contribution in [2.75, 3.05) is 39.3 Å². The number of carbonyl (C=O) groups is 1. The molecule has 1 N–H and O–H groups in total. The lowest BCUT2D eigenvalue weighted by molar-refractivity contribution is -0.131. The smallest absolute Gasteiger partial charge is 0.219 e. The molecule has 0 saturated carbocycles. The lowest BCUT2D eigenvalue weighted by atomic mass is 10.1. The average Bonchev–Trinajstić information content (AvgIpc) is 2.89. The van der Waals surface area contributed by atoms with Crippen molar-refractivity contribution in [2.24, 2.45) is 0 Å². The van der Waals surface area contributed by atoms with E-state index >= 15 is 0 Å². The highest BCUT2D eigenvalue weighted by atomic mass is 16.3. The second-order valence-electron chi connectivity index (χ2n) is 6.36. The molecule has 2 fully saturated rings. The predicted octanol–water partition coefficient (Wildman–Crippen LogP) is 0.396. The number of likely N-dealkylation sites (tertiary alicyclic amines) is 1. The Balaban J connectivity index is 1.54. The molecule has 2 heterocycles. The number of carbonyl (C=O) groups excluding carboxylic acids is 1. The standard InChI is InChI=1S/C17H25N3O2/c1-14(21)19-7-9-20(10-8-19)16-12-18(13-17(16)22)11-15-5-3-2-4-6-15/h2-6,16-17,22H,7-13H2,1H3. The quantitative estimate of drug-likeness (QED) is 0.878. The van der Waals surface area contributed by atoms with Gasteiger partial charge >= 0.3 is 0 Å². The second-order valence-corrected chi connectivity index (χ2v) is 6.36. The molecular formula is C17H25N3O2. The Bertz CT molecular complexity index is 500. The molecule has 2 aliphatic rings. The van der Waals surface area contributed by atoms with Gasteiger partial charge < -0.3 is 10.0 Å². The van der Waals surface area contributed by atoms with E-state index in [2.05, 4.69) is 34.1 Å². The summed E-state index contributed by atoms with van der Waals surface area (Å²) in [5.41, 5.74) is 1.29. The van der Waals surface area contributed by atoms with E-state index in [0.29, 0.717) is 0 Å². The molecule has 0 radical (unpaired) electrons. The number of aliphatic hydroxyl groups excluding tert-OH is 1. The SMILES string of the molecule is CC(=O)N1CCN(C2CN(Cc3ccccc3)CC2O)CC1. The zero-order valence-electron chi connectivity index (χ0n) is 13.2. The Morgan fingerprint density at radius 2 is 1.82 bits per heavy atom. The molecule has 5 heteroatoms. The largest absolute Gasteiger partial charge is 0.390 e. The monoisotopic (exact) mass is 303 g/mol. The second kappa shape index (κ2) is 6.77. The lowest BCUT2D eigenvalue weighted by Gasteiger charge is -2.38. The molecular weight excluding hydrogens is 278 g/mol. The zero-order chi connectivity index (χ0) is 15.5. The van der Waals surface area contributed by atoms with Crippen LogP contribution in [-0.4, -0.2) is 77.1 Å². The first-order valence-corrected chi connectivity index (χ1v) is 8.07. The van der Waals surface area contributed by atoms with Gasteiger partial charge in [-0.25, -0.2) is 0 Å². The molecule has 0 aromatic heterocycles. The summed E-state index contributed by atoms with van der Waals surface area (Å²) in [5.74, 6) is 0.150. The molecule has 2 aliphatic heterocycles. The number of benzene rings is 1. The normalized spacial score (nSPS) is 27.3. The highest BCUT2D eigenvalue weighted by Crippen LogP contribution is 2.20. The van der Waals surface area contributed by atoms with Crippen LogP contribution in [0.3, 0.4) is 0 Å². The molecule has 3 rings (SSSR count). The van der Waals surface area contributed by atoms with Crippen molar-refractivity contribution in [3.05, 3.63) is 35.9 Å². The van der Waals surface area contributed by atoms with Crippen molar-refractivity contribution in [3.63, 3.8) is 0 Å². The van der Waals surface area contributed by atoms with Crippen LogP contribution in [0, 0.1) is 0 Å². The first kappa shape index (κ1) is 15.5. The number of β-amino-alcohol motifs (C(OH)–C–C–N with tert-alkyl or cyclic N) is 1. The van der Waals surface area contributed by atoms with Crippen LogP contribution in [0.5, 0.6) is 0 Å². The number of aliphatic hydroxyl groups is 1. The van der Waals surface area contributed by atoms with Gasteiger partial charge in [0.1, 0.15) is 0 Å². The van der Waals surface area contributed by atoms with Crippen LogP contribution in [0.15, 0.2) is 30.3 Å². The molecule has 0 bridgehead atoms. The van der Waals surface area contributed by atoms with Crippen molar-refractivity contribution in [2.45, 2.75) is 25.6 Å². The van der Waals surface area contributed by atoms with Gasteiger partial charge in [0.15, 0.2) is 0 Å². The molecule has 1 amide bonds. The summed E-state index contributed by atoms with van der Waals surface area (Å²) in [6.07, 6.45) is -0.299. The average molecular weight is 303 g/mol. The van der Waals surface area contributed by atoms with Gasteiger partial charge in [-0.1, -0.05) is 30.3 Å². The van der Waals surface area contributed by atoms with Crippen LogP contribution in [-0.2, 0) is 11.3 Å². The molecule has 22 heavy (non-hydrogen) atoms. The van der Waals surface area contributed by atoms with Crippen LogP contribution >= 0.6 is 0 Å². The topological polar surface area (TPSA) is 47.0 Å². The fourth-order valence-corrected chi connectivity index (χ4v) is 3.54. The van der Waals surface area contributed by atoms with E-state index in [-0.39, 0.29) is 18.1 Å². The summed E-state index contributed by atoms with van der Waals surface area (Å²) in [4.78, 5) is 17.9. The Morgan fingerprint density at radius 3 is 2.45 bits per heavy atom. The zero-order valence-corrected chi connectivity index (χ0v) is 13.2. The Kier molecular flexibility index (Phi) is 4.76. The molecule has 1 aromatic carbocycles. The van der Waals surface area contributed by atoms with E-state index in [1.165, 1.54) is 5.56 Å². The Labute approximate surface area is 132 Å². The number of rotatable bonds is 3. The summed E-state index contributed by atoms with van der Waals surface area (Å²) in [5, 5.41) is 10.4. The third-order valence-corrected chi connectivity index (χ3v) is 4.81. The van der Waals surface area contributed by atoms with E-state index in [1.807, 2.05) is 11.0 Å². The van der Waals surface area contributed by atoms with Crippen LogP contribution in [0.4, 0.5) is 0 Å². The molecule has 1 aromatic rings. The highest BCUT2D eigenvalue weighted by molar-refractivity contribution is 5.73. The molecule has 0 aliphatic carbocycles. The summed E-state index contributed by atoms with van der Waals surface area (Å²) >= 11 is 0. The highest BCUT2D eigenvalue weighted by Gasteiger charge is 2.36. The summed E-state index contributed by atoms with van der Waals surface area (Å²) < 4.78 is 0. The fraction of sp³-hybridized carbons (Fsp3) is 0.588. The van der Waals surface area contributed by atoms with Crippen molar-refractivity contribution >= 4 is 5.91 Å². The third-order valence-electron chi connectivity index (χ3n) is 4.81. The predicted molar refractivity (Wildman–Crippen MR) is 85.3 cm³/mol. The van der Waals surface area contributed by atoms with E-state index in [4.69, 9.17) is 0 Å². The van der Waals surface area contributed by atoms with Crippen molar-refractivity contribution in [1.29, 1.82) is 0 Å². The Hall–Kier alpha value is -1.43. The molecule has 0 spiro atoms. The van der Waals surface area contributed by atoms with E-state index in [9.17, 15) is 9.90 Å². The van der Waals surface area contributed by atoms with Crippen molar-refractivity contribution < 1.29 is 9.90 Å². The number of hydrogen-bond donors (Lipinski definition) is 1. The van der Waals surface area contributed by atoms with Gasteiger partial charge in [0, 0.05) is 58.8 Å². The maximum atomic E-state index is 11.4. The first-order chi connectivity index (χ1) is 10.6. The first-order valence-electron chi connectivity index (χ1n) is 8.07. The summed E-state index contributed by atoms with van der Waals surface area (Å²) in [6, 6.07) is 10.6. The van der Waals surface area contributed by atoms with Gasteiger partial charge in [-0.15, -0.1) is 0 Å². The molecule has 2 unspecified atom stereocenters. The Morgan fingerprint density at radius 1 is 1.14 bits per heavy atom. The van der Waals surface area contributed by atoms with Gasteiger partial charge in [0.05, 0.1) is 6.10 Å². The lowest BCUT2D eigenvalue weighted by Crippen LogP contribution is -2.54. The van der Waals surface area contributed by atoms with Gasteiger partial charge in [-0.3, -0.25) is 14.6 Å². The summed E-state index contributed by atoms with van der Waals surface area (Å²) in [6.45, 7) is 7.42. The van der Waals surface area contributed by atoms with Crippen LogP contribution in [0.2, 0.25) is 0 Å². The van der Waals surface area contributed by atoms with Crippen LogP contribution in [0.25, 0.3) is 0 Å². The molecule has 5 nitrogen and oxygen atoms in total. The van der Waals surface area contributed by atoms with Gasteiger partial charge in [0.25, 0.3) is 0 Å². The van der Waals surface area contributed by atoms with E-state index < -0.39 is 0 Å². The molecule has 120 valence electrons. The maximum Gasteiger partial charge on any atom is 0.219 e. The minimum absolute atomic E-state index is 0.150. The molecule has 2 saturated heterocycles. The minimum Gasteiger partial charge on any atom is -0.390 e. The maximum absolute atomic E-state index is 11.4. The number of amides is 1. The van der Waals surface area contributed by atoms with Crippen molar-refractivity contribution in [1.82, 2.24) is 14.7 Å².